The summed E-state index contributed by atoms with van der Waals surface area (Å²) in [5.41, 5.74) is 5.03. The van der Waals surface area contributed by atoms with Crippen molar-refractivity contribution in [3.05, 3.63) is 113 Å². The van der Waals surface area contributed by atoms with Crippen molar-refractivity contribution in [1.82, 2.24) is 9.47 Å². The summed E-state index contributed by atoms with van der Waals surface area (Å²) in [5, 5.41) is 9.98. The van der Waals surface area contributed by atoms with Crippen molar-refractivity contribution in [2.45, 2.75) is 25.8 Å². The Morgan fingerprint density at radius 3 is 2.33 bits per heavy atom. The largest absolute Gasteiger partial charge is 0.495 e. The number of rotatable bonds is 15. The number of aryl methyl sites for hydroxylation is 1. The van der Waals surface area contributed by atoms with Crippen molar-refractivity contribution in [2.24, 2.45) is 0 Å². The first kappa shape index (κ1) is 37.7. The average Bonchev–Trinajstić information content (AvgIpc) is 3.51. The van der Waals surface area contributed by atoms with E-state index in [1.54, 1.807) is 7.11 Å². The van der Waals surface area contributed by atoms with Crippen LogP contribution >= 0.6 is 28.3 Å². The molecule has 1 aliphatic rings. The fourth-order valence-corrected chi connectivity index (χ4v) is 6.86. The van der Waals surface area contributed by atoms with E-state index in [-0.39, 0.29) is 24.6 Å². The Labute approximate surface area is 313 Å². The van der Waals surface area contributed by atoms with Gasteiger partial charge in [-0.3, -0.25) is 14.5 Å². The Bertz CT molecular complexity index is 1940. The number of anilines is 3. The van der Waals surface area contributed by atoms with Gasteiger partial charge in [0.15, 0.2) is 5.78 Å². The minimum Gasteiger partial charge on any atom is -0.495 e. The highest BCUT2D eigenvalue weighted by molar-refractivity contribution is 9.10. The number of benzene rings is 4. The number of carboxylic acids is 1. The molecule has 6 rings (SSSR count). The Morgan fingerprint density at radius 1 is 0.863 bits per heavy atom. The summed E-state index contributed by atoms with van der Waals surface area (Å²) in [6.45, 7) is 5.73. The molecule has 0 radical (unpaired) electrons. The standard InChI is InChI=1S/C40H43BrN4O5.ClH/c1-42(31-17-15-30(41)16-18-31)35-19-14-29(40(48)33-28-45(21-7-13-39(46)47)34-10-4-3-9-32(33)34)27-38(35)50-26-8-20-43-22-24-44(25-23-43)36-11-5-6-12-37(36)49-2;/h3-6,9-12,14-19,27-28H,7-8,13,20-26H2,1-2H3,(H,46,47);1H. The van der Waals surface area contributed by atoms with E-state index in [1.165, 1.54) is 0 Å². The van der Waals surface area contributed by atoms with Gasteiger partial charge in [0.05, 0.1) is 25.1 Å². The number of aliphatic carboxylic acids is 1. The molecule has 1 N–H and O–H groups in total. The minimum atomic E-state index is -0.829. The first-order chi connectivity index (χ1) is 24.3. The summed E-state index contributed by atoms with van der Waals surface area (Å²) in [6.07, 6.45) is 3.25. The number of hydrogen-bond acceptors (Lipinski definition) is 7. The van der Waals surface area contributed by atoms with Crippen molar-refractivity contribution in [3.8, 4) is 11.5 Å². The van der Waals surface area contributed by atoms with Crippen LogP contribution < -0.4 is 19.3 Å². The molecule has 9 nitrogen and oxygen atoms in total. The molecule has 1 aromatic heterocycles. The lowest BCUT2D eigenvalue weighted by Gasteiger charge is -2.36. The van der Waals surface area contributed by atoms with Crippen molar-refractivity contribution in [2.75, 3.05) is 63.3 Å². The zero-order valence-corrected chi connectivity index (χ0v) is 31.4. The number of hydrogen-bond donors (Lipinski definition) is 1. The quantitative estimate of drug-likeness (QED) is 0.0841. The van der Waals surface area contributed by atoms with Gasteiger partial charge >= 0.3 is 5.97 Å². The number of nitrogens with zero attached hydrogens (tertiary/aromatic N) is 4. The topological polar surface area (TPSA) is 87.5 Å². The van der Waals surface area contributed by atoms with Crippen LogP contribution in [0.2, 0.25) is 0 Å². The number of fused-ring (bicyclic) bond motifs is 1. The lowest BCUT2D eigenvalue weighted by Crippen LogP contribution is -2.46. The zero-order chi connectivity index (χ0) is 35.0. The molecule has 0 atom stereocenters. The second kappa shape index (κ2) is 17.6. The molecule has 51 heavy (non-hydrogen) atoms. The number of carbonyl (C=O) groups is 2. The third kappa shape index (κ3) is 9.05. The number of aromatic nitrogens is 1. The normalized spacial score (nSPS) is 13.1. The lowest BCUT2D eigenvalue weighted by atomic mass is 10.0. The maximum absolute atomic E-state index is 14.1. The summed E-state index contributed by atoms with van der Waals surface area (Å²) >= 11 is 3.53. The summed E-state index contributed by atoms with van der Waals surface area (Å²) in [4.78, 5) is 32.2. The van der Waals surface area contributed by atoms with E-state index in [0.29, 0.717) is 36.4 Å². The van der Waals surface area contributed by atoms with Gasteiger partial charge < -0.3 is 28.9 Å². The van der Waals surface area contributed by atoms with Gasteiger partial charge in [-0.25, -0.2) is 0 Å². The smallest absolute Gasteiger partial charge is 0.303 e. The van der Waals surface area contributed by atoms with Crippen molar-refractivity contribution >= 4 is 68.1 Å². The van der Waals surface area contributed by atoms with Gasteiger partial charge in [-0.2, -0.15) is 0 Å². The van der Waals surface area contributed by atoms with Gasteiger partial charge in [0.25, 0.3) is 0 Å². The Balaban J connectivity index is 0.00000504. The van der Waals surface area contributed by atoms with Crippen LogP contribution in [0.5, 0.6) is 11.5 Å². The zero-order valence-electron chi connectivity index (χ0n) is 29.0. The number of ketones is 1. The fraction of sp³-hybridized carbons (Fsp3) is 0.300. The molecule has 0 amide bonds. The number of halogens is 2. The second-order valence-corrected chi connectivity index (χ2v) is 13.4. The second-order valence-electron chi connectivity index (χ2n) is 12.5. The summed E-state index contributed by atoms with van der Waals surface area (Å²) in [7, 11) is 3.72. The van der Waals surface area contributed by atoms with E-state index in [2.05, 4.69) is 42.8 Å². The van der Waals surface area contributed by atoms with Gasteiger partial charge in [-0.1, -0.05) is 46.3 Å². The molecular weight excluding hydrogens is 732 g/mol. The molecule has 0 saturated carbocycles. The highest BCUT2D eigenvalue weighted by Gasteiger charge is 2.22. The molecule has 2 heterocycles. The molecule has 0 aliphatic carbocycles. The summed E-state index contributed by atoms with van der Waals surface area (Å²) in [6, 6.07) is 29.7. The fourth-order valence-electron chi connectivity index (χ4n) is 6.59. The SMILES string of the molecule is COc1ccccc1N1CCN(CCCOc2cc(C(=O)c3cn(CCCC(=O)O)c4ccccc34)ccc2N(C)c2ccc(Br)cc2)CC1.Cl. The van der Waals surface area contributed by atoms with Crippen LogP contribution in [0, 0.1) is 0 Å². The van der Waals surface area contributed by atoms with Crippen LogP contribution in [0.15, 0.2) is 102 Å². The van der Waals surface area contributed by atoms with Crippen LogP contribution in [-0.4, -0.2) is 79.8 Å². The van der Waals surface area contributed by atoms with Gasteiger partial charge in [0.2, 0.25) is 0 Å². The third-order valence-corrected chi connectivity index (χ3v) is 9.82. The molecule has 1 aliphatic heterocycles. The Hall–Kier alpha value is -4.51. The van der Waals surface area contributed by atoms with Crippen molar-refractivity contribution < 1.29 is 24.2 Å². The first-order valence-electron chi connectivity index (χ1n) is 17.0. The maximum Gasteiger partial charge on any atom is 0.303 e. The third-order valence-electron chi connectivity index (χ3n) is 9.29. The molecule has 268 valence electrons. The molecule has 0 unspecified atom stereocenters. The van der Waals surface area contributed by atoms with Gasteiger partial charge in [-0.05, 0) is 73.5 Å². The number of ether oxygens (including phenoxy) is 2. The highest BCUT2D eigenvalue weighted by Crippen LogP contribution is 2.36. The molecule has 0 spiro atoms. The number of methoxy groups -OCH3 is 1. The van der Waals surface area contributed by atoms with Crippen molar-refractivity contribution in [3.63, 3.8) is 0 Å². The number of carboxylic acid groups (broad SMARTS) is 1. The first-order valence-corrected chi connectivity index (χ1v) is 17.8. The molecule has 1 saturated heterocycles. The highest BCUT2D eigenvalue weighted by atomic mass is 79.9. The Morgan fingerprint density at radius 2 is 1.59 bits per heavy atom. The van der Waals surface area contributed by atoms with E-state index in [9.17, 15) is 9.59 Å². The summed E-state index contributed by atoms with van der Waals surface area (Å²) < 4.78 is 15.1. The van der Waals surface area contributed by atoms with Crippen LogP contribution in [0.25, 0.3) is 10.9 Å². The van der Waals surface area contributed by atoms with E-state index >= 15 is 0 Å². The van der Waals surface area contributed by atoms with Crippen LogP contribution in [0.4, 0.5) is 17.1 Å². The van der Waals surface area contributed by atoms with Gasteiger partial charge in [-0.15, -0.1) is 12.4 Å². The van der Waals surface area contributed by atoms with Gasteiger partial charge in [0.1, 0.15) is 11.5 Å². The predicted molar refractivity (Wildman–Crippen MR) is 210 cm³/mol. The minimum absolute atomic E-state index is 0. The average molecular weight is 776 g/mol. The number of para-hydroxylation sites is 3. The maximum atomic E-state index is 14.1. The Kier molecular flexibility index (Phi) is 13.0. The summed E-state index contributed by atoms with van der Waals surface area (Å²) in [5.74, 6) is 0.617. The van der Waals surface area contributed by atoms with Crippen LogP contribution in [0.1, 0.15) is 35.2 Å². The lowest BCUT2D eigenvalue weighted by molar-refractivity contribution is -0.137. The van der Waals surface area contributed by atoms with E-state index < -0.39 is 5.97 Å². The monoisotopic (exact) mass is 774 g/mol. The van der Waals surface area contributed by atoms with Crippen LogP contribution in [-0.2, 0) is 11.3 Å². The number of piperazine rings is 1. The molecule has 11 heteroatoms. The van der Waals surface area contributed by atoms with Gasteiger partial charge in [0, 0.05) is 91.1 Å². The molecule has 4 aromatic carbocycles. The predicted octanol–water partition coefficient (Wildman–Crippen LogP) is 8.29. The van der Waals surface area contributed by atoms with E-state index in [1.807, 2.05) is 96.7 Å². The molecule has 1 fully saturated rings. The van der Waals surface area contributed by atoms with Crippen molar-refractivity contribution in [1.29, 1.82) is 0 Å². The molecule has 0 bridgehead atoms. The van der Waals surface area contributed by atoms with E-state index in [4.69, 9.17) is 14.6 Å². The number of carbonyl (C=O) groups excluding carboxylic acids is 1. The van der Waals surface area contributed by atoms with Crippen LogP contribution in [0.3, 0.4) is 0 Å². The molecule has 5 aromatic rings. The van der Waals surface area contributed by atoms with E-state index in [0.717, 1.165) is 77.3 Å². The molecular formula is C40H44BrClN4O5.